The molecule has 20 heavy (non-hydrogen) atoms. The summed E-state index contributed by atoms with van der Waals surface area (Å²) in [6.07, 6.45) is 6.89. The van der Waals surface area contributed by atoms with E-state index in [0.29, 0.717) is 12.1 Å². The van der Waals surface area contributed by atoms with Gasteiger partial charge in [0.15, 0.2) is 0 Å². The van der Waals surface area contributed by atoms with E-state index in [1.165, 1.54) is 37.7 Å². The minimum Gasteiger partial charge on any atom is -0.490 e. The summed E-state index contributed by atoms with van der Waals surface area (Å²) in [6.45, 7) is 7.63. The van der Waals surface area contributed by atoms with Crippen molar-refractivity contribution in [2.45, 2.75) is 65.0 Å². The molecule has 1 aromatic rings. The molecule has 1 aromatic carbocycles. The standard InChI is InChI=1S/C18H29NO/c1-4-15-8-6-7-9-18(15)20-17-12-10-16(11-13-17)14(3)19-5-2/h10-15,18-19H,4-9H2,1-3H3. The third-order valence-corrected chi connectivity index (χ3v) is 4.54. The maximum absolute atomic E-state index is 6.23. The van der Waals surface area contributed by atoms with Crippen LogP contribution >= 0.6 is 0 Å². The highest BCUT2D eigenvalue weighted by Crippen LogP contribution is 2.30. The highest BCUT2D eigenvalue weighted by atomic mass is 16.5. The predicted molar refractivity (Wildman–Crippen MR) is 85.2 cm³/mol. The van der Waals surface area contributed by atoms with E-state index >= 15 is 0 Å². The van der Waals surface area contributed by atoms with Crippen LogP contribution in [0.2, 0.25) is 0 Å². The first-order chi connectivity index (χ1) is 9.74. The minimum atomic E-state index is 0.409. The van der Waals surface area contributed by atoms with Crippen molar-refractivity contribution in [3.63, 3.8) is 0 Å². The Bertz CT molecular complexity index is 387. The fourth-order valence-electron chi connectivity index (χ4n) is 3.23. The van der Waals surface area contributed by atoms with Crippen molar-refractivity contribution >= 4 is 0 Å². The largest absolute Gasteiger partial charge is 0.490 e. The van der Waals surface area contributed by atoms with Crippen molar-refractivity contribution in [1.82, 2.24) is 5.32 Å². The molecule has 0 saturated heterocycles. The van der Waals surface area contributed by atoms with Crippen LogP contribution in [-0.4, -0.2) is 12.6 Å². The second kappa shape index (κ2) is 7.68. The van der Waals surface area contributed by atoms with E-state index in [1.807, 2.05) is 0 Å². The average molecular weight is 275 g/mol. The lowest BCUT2D eigenvalue weighted by atomic mass is 9.85. The molecule has 2 nitrogen and oxygen atoms in total. The fourth-order valence-corrected chi connectivity index (χ4v) is 3.23. The van der Waals surface area contributed by atoms with Gasteiger partial charge in [0.1, 0.15) is 11.9 Å². The summed E-state index contributed by atoms with van der Waals surface area (Å²) in [5, 5.41) is 3.44. The van der Waals surface area contributed by atoms with E-state index in [2.05, 4.69) is 50.4 Å². The molecule has 1 aliphatic carbocycles. The third-order valence-electron chi connectivity index (χ3n) is 4.54. The van der Waals surface area contributed by atoms with Crippen LogP contribution in [-0.2, 0) is 0 Å². The Morgan fingerprint density at radius 2 is 1.85 bits per heavy atom. The fraction of sp³-hybridized carbons (Fsp3) is 0.667. The summed E-state index contributed by atoms with van der Waals surface area (Å²) in [6, 6.07) is 9.04. The van der Waals surface area contributed by atoms with Gasteiger partial charge in [0.2, 0.25) is 0 Å². The molecular formula is C18H29NO. The lowest BCUT2D eigenvalue weighted by Gasteiger charge is -2.31. The van der Waals surface area contributed by atoms with Gasteiger partial charge in [0, 0.05) is 6.04 Å². The van der Waals surface area contributed by atoms with Crippen LogP contribution in [0.15, 0.2) is 24.3 Å². The molecule has 0 amide bonds. The molecule has 0 aromatic heterocycles. The van der Waals surface area contributed by atoms with E-state index in [4.69, 9.17) is 4.74 Å². The maximum Gasteiger partial charge on any atom is 0.119 e. The van der Waals surface area contributed by atoms with Crippen molar-refractivity contribution in [3.05, 3.63) is 29.8 Å². The van der Waals surface area contributed by atoms with Crippen molar-refractivity contribution < 1.29 is 4.74 Å². The first kappa shape index (κ1) is 15.4. The first-order valence-corrected chi connectivity index (χ1v) is 8.24. The zero-order chi connectivity index (χ0) is 14.4. The third kappa shape index (κ3) is 3.99. The van der Waals surface area contributed by atoms with Crippen LogP contribution in [0.25, 0.3) is 0 Å². The van der Waals surface area contributed by atoms with Crippen molar-refractivity contribution in [2.24, 2.45) is 5.92 Å². The van der Waals surface area contributed by atoms with Crippen molar-refractivity contribution in [2.75, 3.05) is 6.54 Å². The van der Waals surface area contributed by atoms with Gasteiger partial charge in [-0.05, 0) is 62.8 Å². The molecule has 1 aliphatic rings. The van der Waals surface area contributed by atoms with Gasteiger partial charge in [0.05, 0.1) is 0 Å². The van der Waals surface area contributed by atoms with E-state index in [0.717, 1.165) is 18.2 Å². The molecule has 3 unspecified atom stereocenters. The summed E-state index contributed by atoms with van der Waals surface area (Å²) in [7, 11) is 0. The summed E-state index contributed by atoms with van der Waals surface area (Å²) in [4.78, 5) is 0. The summed E-state index contributed by atoms with van der Waals surface area (Å²) in [5.41, 5.74) is 1.33. The number of hydrogen-bond acceptors (Lipinski definition) is 2. The van der Waals surface area contributed by atoms with Crippen LogP contribution in [0.1, 0.15) is 64.5 Å². The maximum atomic E-state index is 6.23. The van der Waals surface area contributed by atoms with Gasteiger partial charge in [0.25, 0.3) is 0 Å². The van der Waals surface area contributed by atoms with Gasteiger partial charge in [-0.2, -0.15) is 0 Å². The van der Waals surface area contributed by atoms with E-state index < -0.39 is 0 Å². The molecule has 1 saturated carbocycles. The van der Waals surface area contributed by atoms with Gasteiger partial charge in [-0.25, -0.2) is 0 Å². The normalized spacial score (nSPS) is 24.4. The SMILES string of the molecule is CCNC(C)c1ccc(OC2CCCCC2CC)cc1. The molecule has 0 spiro atoms. The predicted octanol–water partition coefficient (Wildman–Crippen LogP) is 4.70. The number of hydrogen-bond donors (Lipinski definition) is 1. The highest BCUT2D eigenvalue weighted by molar-refractivity contribution is 5.29. The Balaban J connectivity index is 1.95. The van der Waals surface area contributed by atoms with Crippen LogP contribution in [0.5, 0.6) is 5.75 Å². The van der Waals surface area contributed by atoms with Crippen molar-refractivity contribution in [3.8, 4) is 5.75 Å². The molecule has 1 N–H and O–H groups in total. The van der Waals surface area contributed by atoms with Gasteiger partial charge in [-0.3, -0.25) is 0 Å². The Labute approximate surface area is 123 Å². The smallest absolute Gasteiger partial charge is 0.119 e. The molecule has 0 radical (unpaired) electrons. The summed E-state index contributed by atoms with van der Waals surface area (Å²) >= 11 is 0. The number of ether oxygens (including phenoxy) is 1. The zero-order valence-electron chi connectivity index (χ0n) is 13.2. The van der Waals surface area contributed by atoms with Gasteiger partial charge < -0.3 is 10.1 Å². The molecule has 2 rings (SSSR count). The Morgan fingerprint density at radius 3 is 2.50 bits per heavy atom. The second-order valence-electron chi connectivity index (χ2n) is 5.96. The van der Waals surface area contributed by atoms with Gasteiger partial charge >= 0.3 is 0 Å². The topological polar surface area (TPSA) is 21.3 Å². The molecule has 112 valence electrons. The van der Waals surface area contributed by atoms with Gasteiger partial charge in [-0.15, -0.1) is 0 Å². The van der Waals surface area contributed by atoms with E-state index in [9.17, 15) is 0 Å². The molecule has 1 fully saturated rings. The first-order valence-electron chi connectivity index (χ1n) is 8.24. The molecule has 0 aliphatic heterocycles. The Kier molecular flexibility index (Phi) is 5.90. The van der Waals surface area contributed by atoms with Gasteiger partial charge in [-0.1, -0.05) is 32.4 Å². The Hall–Kier alpha value is -1.02. The quantitative estimate of drug-likeness (QED) is 0.812. The highest BCUT2D eigenvalue weighted by Gasteiger charge is 2.25. The van der Waals surface area contributed by atoms with Crippen LogP contribution in [0.4, 0.5) is 0 Å². The number of benzene rings is 1. The summed E-state index contributed by atoms with van der Waals surface area (Å²) in [5.74, 6) is 1.77. The summed E-state index contributed by atoms with van der Waals surface area (Å²) < 4.78 is 6.23. The lowest BCUT2D eigenvalue weighted by molar-refractivity contribution is 0.0904. The molecule has 2 heteroatoms. The van der Waals surface area contributed by atoms with Crippen LogP contribution in [0, 0.1) is 5.92 Å². The lowest BCUT2D eigenvalue weighted by Crippen LogP contribution is -2.29. The average Bonchev–Trinajstić information content (AvgIpc) is 2.49. The Morgan fingerprint density at radius 1 is 1.15 bits per heavy atom. The number of rotatable bonds is 6. The molecule has 0 heterocycles. The zero-order valence-corrected chi connectivity index (χ0v) is 13.2. The molecular weight excluding hydrogens is 246 g/mol. The van der Waals surface area contributed by atoms with Crippen LogP contribution in [0.3, 0.4) is 0 Å². The number of nitrogens with one attached hydrogen (secondary N) is 1. The second-order valence-corrected chi connectivity index (χ2v) is 5.96. The van der Waals surface area contributed by atoms with Crippen molar-refractivity contribution in [1.29, 1.82) is 0 Å². The van der Waals surface area contributed by atoms with Crippen LogP contribution < -0.4 is 10.1 Å². The van der Waals surface area contributed by atoms with E-state index in [-0.39, 0.29) is 0 Å². The van der Waals surface area contributed by atoms with E-state index in [1.54, 1.807) is 0 Å². The minimum absolute atomic E-state index is 0.409. The monoisotopic (exact) mass is 275 g/mol. The molecule has 0 bridgehead atoms. The molecule has 3 atom stereocenters.